The summed E-state index contributed by atoms with van der Waals surface area (Å²) < 4.78 is 2.30. The zero-order valence-electron chi connectivity index (χ0n) is 17.9. The summed E-state index contributed by atoms with van der Waals surface area (Å²) in [5.74, 6) is 0. The molecule has 0 aliphatic carbocycles. The molecule has 0 radical (unpaired) electrons. The molecule has 0 bridgehead atoms. The molecule has 0 fully saturated rings. The first-order valence-electron chi connectivity index (χ1n) is 10.7. The molecule has 0 spiro atoms. The van der Waals surface area contributed by atoms with Crippen LogP contribution in [0.1, 0.15) is 16.7 Å². The maximum Gasteiger partial charge on any atom is 0.0541 e. The van der Waals surface area contributed by atoms with Gasteiger partial charge in [0.1, 0.15) is 0 Å². The molecule has 0 aliphatic rings. The highest BCUT2D eigenvalue weighted by Gasteiger charge is 2.13. The quantitative estimate of drug-likeness (QED) is 0.359. The summed E-state index contributed by atoms with van der Waals surface area (Å²) in [6.07, 6.45) is 12.2. The van der Waals surface area contributed by atoms with Crippen LogP contribution in [0.4, 0.5) is 0 Å². The highest BCUT2D eigenvalue weighted by atomic mass is 15.0. The van der Waals surface area contributed by atoms with Crippen molar-refractivity contribution in [2.45, 2.75) is 13.3 Å². The molecule has 0 saturated heterocycles. The Kier molecular flexibility index (Phi) is 5.26. The number of nitrogens with two attached hydrogens (primary N) is 1. The fourth-order valence-electron chi connectivity index (χ4n) is 4.11. The van der Waals surface area contributed by atoms with Crippen LogP contribution in [-0.4, -0.2) is 14.5 Å². The Morgan fingerprint density at radius 1 is 0.844 bits per heavy atom. The number of hydrogen-bond acceptors (Lipinski definition) is 3. The number of para-hydroxylation sites is 1. The summed E-state index contributed by atoms with van der Waals surface area (Å²) in [5.41, 5.74) is 14.0. The first-order chi connectivity index (χ1) is 15.7. The van der Waals surface area contributed by atoms with Gasteiger partial charge in [-0.1, -0.05) is 35.9 Å². The number of aryl methyl sites for hydroxylation is 1. The van der Waals surface area contributed by atoms with Crippen LogP contribution < -0.4 is 5.73 Å². The Balaban J connectivity index is 1.74. The van der Waals surface area contributed by atoms with Crippen LogP contribution in [0.5, 0.6) is 0 Å². The molecule has 0 unspecified atom stereocenters. The SMILES string of the molecule is Cc1ccc2c(c1)c1ccccc1n2C(/C=C(\N)c1ccncc1)=C/Cc1ccncc1. The number of aromatic nitrogens is 3. The molecule has 32 heavy (non-hydrogen) atoms. The Labute approximate surface area is 187 Å². The van der Waals surface area contributed by atoms with Gasteiger partial charge in [0.05, 0.1) is 11.0 Å². The second-order valence-electron chi connectivity index (χ2n) is 7.90. The maximum absolute atomic E-state index is 6.55. The predicted octanol–water partition coefficient (Wildman–Crippen LogP) is 5.98. The van der Waals surface area contributed by atoms with Crippen LogP contribution >= 0.6 is 0 Å². The van der Waals surface area contributed by atoms with Crippen LogP contribution in [0, 0.1) is 6.92 Å². The second kappa shape index (κ2) is 8.52. The summed E-state index contributed by atoms with van der Waals surface area (Å²) in [5, 5.41) is 2.48. The van der Waals surface area contributed by atoms with E-state index in [0.29, 0.717) is 5.70 Å². The van der Waals surface area contributed by atoms with Gasteiger partial charge in [-0.25, -0.2) is 0 Å². The van der Waals surface area contributed by atoms with Crippen LogP contribution in [0.3, 0.4) is 0 Å². The van der Waals surface area contributed by atoms with Crippen LogP contribution in [-0.2, 0) is 6.42 Å². The first-order valence-corrected chi connectivity index (χ1v) is 10.7. The molecule has 4 heteroatoms. The Bertz CT molecular complexity index is 1440. The molecule has 2 aromatic carbocycles. The van der Waals surface area contributed by atoms with Crippen molar-refractivity contribution in [1.29, 1.82) is 0 Å². The average Bonchev–Trinajstić information content (AvgIpc) is 3.16. The third-order valence-corrected chi connectivity index (χ3v) is 5.70. The molecule has 156 valence electrons. The van der Waals surface area contributed by atoms with E-state index in [4.69, 9.17) is 5.73 Å². The van der Waals surface area contributed by atoms with Crippen molar-refractivity contribution in [3.63, 3.8) is 0 Å². The number of hydrogen-bond donors (Lipinski definition) is 1. The molecule has 0 atom stereocenters. The van der Waals surface area contributed by atoms with Crippen molar-refractivity contribution in [3.05, 3.63) is 120 Å². The summed E-state index contributed by atoms with van der Waals surface area (Å²) in [7, 11) is 0. The summed E-state index contributed by atoms with van der Waals surface area (Å²) in [4.78, 5) is 8.25. The zero-order chi connectivity index (χ0) is 21.9. The second-order valence-corrected chi connectivity index (χ2v) is 7.90. The molecular weight excluding hydrogens is 392 g/mol. The van der Waals surface area contributed by atoms with E-state index < -0.39 is 0 Å². The van der Waals surface area contributed by atoms with Crippen molar-refractivity contribution in [1.82, 2.24) is 14.5 Å². The van der Waals surface area contributed by atoms with E-state index in [2.05, 4.69) is 76.1 Å². The maximum atomic E-state index is 6.55. The number of fused-ring (bicyclic) bond motifs is 3. The Morgan fingerprint density at radius 2 is 1.53 bits per heavy atom. The zero-order valence-corrected chi connectivity index (χ0v) is 17.9. The van der Waals surface area contributed by atoms with E-state index in [9.17, 15) is 0 Å². The van der Waals surface area contributed by atoms with E-state index in [0.717, 1.165) is 28.7 Å². The van der Waals surface area contributed by atoms with Gasteiger partial charge in [0.2, 0.25) is 0 Å². The van der Waals surface area contributed by atoms with Crippen molar-refractivity contribution in [2.75, 3.05) is 0 Å². The highest BCUT2D eigenvalue weighted by Crippen LogP contribution is 2.33. The van der Waals surface area contributed by atoms with Gasteiger partial charge in [0.15, 0.2) is 0 Å². The summed E-state index contributed by atoms with van der Waals surface area (Å²) in [6.45, 7) is 2.13. The molecule has 5 rings (SSSR count). The molecule has 5 aromatic rings. The number of benzene rings is 2. The fourth-order valence-corrected chi connectivity index (χ4v) is 4.11. The predicted molar refractivity (Wildman–Crippen MR) is 133 cm³/mol. The number of allylic oxidation sites excluding steroid dienone is 3. The monoisotopic (exact) mass is 416 g/mol. The topological polar surface area (TPSA) is 56.7 Å². The third-order valence-electron chi connectivity index (χ3n) is 5.70. The fraction of sp³-hybridized carbons (Fsp3) is 0.0714. The van der Waals surface area contributed by atoms with Gasteiger partial charge in [-0.15, -0.1) is 0 Å². The van der Waals surface area contributed by atoms with Gasteiger partial charge in [0.25, 0.3) is 0 Å². The first kappa shape index (κ1) is 19.8. The Hall–Kier alpha value is -4.18. The van der Waals surface area contributed by atoms with Crippen LogP contribution in [0.15, 0.2) is 104 Å². The minimum atomic E-state index is 0.700. The minimum absolute atomic E-state index is 0.700. The highest BCUT2D eigenvalue weighted by molar-refractivity contribution is 6.10. The van der Waals surface area contributed by atoms with E-state index in [1.807, 2.05) is 36.7 Å². The van der Waals surface area contributed by atoms with E-state index in [-0.39, 0.29) is 0 Å². The van der Waals surface area contributed by atoms with Gasteiger partial charge in [0, 0.05) is 52.5 Å². The van der Waals surface area contributed by atoms with Gasteiger partial charge >= 0.3 is 0 Å². The van der Waals surface area contributed by atoms with Crippen LogP contribution in [0.25, 0.3) is 33.2 Å². The lowest BCUT2D eigenvalue weighted by Crippen LogP contribution is -2.01. The molecule has 0 aliphatic heterocycles. The summed E-state index contributed by atoms with van der Waals surface area (Å²) >= 11 is 0. The van der Waals surface area contributed by atoms with Crippen molar-refractivity contribution in [2.24, 2.45) is 5.73 Å². The van der Waals surface area contributed by atoms with E-state index in [1.165, 1.54) is 21.9 Å². The molecule has 0 saturated carbocycles. The summed E-state index contributed by atoms with van der Waals surface area (Å²) in [6, 6.07) is 23.1. The minimum Gasteiger partial charge on any atom is -0.398 e. The van der Waals surface area contributed by atoms with Crippen molar-refractivity contribution < 1.29 is 0 Å². The molecule has 3 heterocycles. The molecular formula is C28H24N4. The number of nitrogens with zero attached hydrogens (tertiary/aromatic N) is 3. The average molecular weight is 417 g/mol. The van der Waals surface area contributed by atoms with Gasteiger partial charge in [-0.2, -0.15) is 0 Å². The van der Waals surface area contributed by atoms with E-state index >= 15 is 0 Å². The molecule has 4 nitrogen and oxygen atoms in total. The molecule has 0 amide bonds. The molecule has 3 aromatic heterocycles. The standard InChI is InChI=1S/C28H24N4/c1-20-6-9-28-25(18-20)24-4-2-3-5-27(24)32(28)23(8-7-21-10-14-30-15-11-21)19-26(29)22-12-16-31-17-13-22/h2-6,8-19H,7,29H2,1H3/b23-8+,26-19-. The van der Waals surface area contributed by atoms with Gasteiger partial charge in [-0.05, 0) is 67.4 Å². The third kappa shape index (κ3) is 3.79. The lowest BCUT2D eigenvalue weighted by atomic mass is 10.1. The van der Waals surface area contributed by atoms with Crippen molar-refractivity contribution in [3.8, 4) is 0 Å². The lowest BCUT2D eigenvalue weighted by Gasteiger charge is -2.12. The Morgan fingerprint density at radius 3 is 2.31 bits per heavy atom. The smallest absolute Gasteiger partial charge is 0.0541 e. The van der Waals surface area contributed by atoms with Gasteiger partial charge in [-0.3, -0.25) is 9.97 Å². The van der Waals surface area contributed by atoms with Crippen molar-refractivity contribution >= 4 is 33.2 Å². The normalized spacial score (nSPS) is 12.5. The largest absolute Gasteiger partial charge is 0.398 e. The van der Waals surface area contributed by atoms with Gasteiger partial charge < -0.3 is 10.3 Å². The molecule has 2 N–H and O–H groups in total. The van der Waals surface area contributed by atoms with Crippen LogP contribution in [0.2, 0.25) is 0 Å². The number of pyridine rings is 2. The number of rotatable bonds is 5. The van der Waals surface area contributed by atoms with E-state index in [1.54, 1.807) is 12.4 Å². The lowest BCUT2D eigenvalue weighted by molar-refractivity contribution is 1.17.